The molecule has 8 nitrogen and oxygen atoms in total. The number of fused-ring (bicyclic) bond motifs is 11. The molecule has 1 aliphatic carbocycles. The number of aromatic amines is 2. The van der Waals surface area contributed by atoms with E-state index in [0.29, 0.717) is 11.1 Å². The maximum Gasteiger partial charge on any atom is 0.261 e. The minimum atomic E-state index is -0.596. The number of imide groups is 1. The molecular weight excluding hydrogens is 1010 g/mol. The summed E-state index contributed by atoms with van der Waals surface area (Å²) in [6.45, 7) is 17.4. The fourth-order valence-electron chi connectivity index (χ4n) is 13.3. The number of anilines is 1. The van der Waals surface area contributed by atoms with Gasteiger partial charge in [0.15, 0.2) is 0 Å². The SMILES string of the molecule is Cc1cc(C)c(-c2c3nc(c(-c4ccc(CN5C(=O)C6=C(C5=O)C(C)(C)C5C(=C6)N(C)c6ccccc65)cc4)c4ccc([nH]4)c(-c4c(C)cc(C)cc4C)c4nc(c(-c5ccc(Br)cc5)c5ccc2[nH]5)C=C4)C=C3)c(C)c1. The first kappa shape index (κ1) is 48.3. The van der Waals surface area contributed by atoms with Crippen LogP contribution in [0.5, 0.6) is 0 Å². The number of amides is 2. The van der Waals surface area contributed by atoms with E-state index in [-0.39, 0.29) is 24.3 Å². The number of nitrogens with one attached hydrogen (secondary N) is 2. The number of halogens is 1. The van der Waals surface area contributed by atoms with Gasteiger partial charge < -0.3 is 14.9 Å². The molecular formula is C68H57BrN6O2. The molecule has 5 aliphatic rings. The molecule has 8 bridgehead atoms. The molecule has 7 heterocycles. The quantitative estimate of drug-likeness (QED) is 0.162. The van der Waals surface area contributed by atoms with Gasteiger partial charge in [-0.2, -0.15) is 0 Å². The molecule has 0 saturated carbocycles. The molecule has 2 amide bonds. The third kappa shape index (κ3) is 7.68. The van der Waals surface area contributed by atoms with E-state index in [1.165, 1.54) is 21.6 Å². The molecule has 9 heteroatoms. The highest BCUT2D eigenvalue weighted by atomic mass is 79.9. The smallest absolute Gasteiger partial charge is 0.261 e. The van der Waals surface area contributed by atoms with Crippen molar-refractivity contribution in [3.8, 4) is 44.5 Å². The highest BCUT2D eigenvalue weighted by molar-refractivity contribution is 9.10. The van der Waals surface area contributed by atoms with Gasteiger partial charge in [0, 0.05) is 84.1 Å². The average molecular weight is 1070 g/mol. The number of likely N-dealkylation sites (N-methyl/N-ethyl adjacent to an activating group) is 1. The Balaban J connectivity index is 1.01. The van der Waals surface area contributed by atoms with Crippen LogP contribution in [0.4, 0.5) is 5.69 Å². The first-order chi connectivity index (χ1) is 37.0. The van der Waals surface area contributed by atoms with Crippen LogP contribution >= 0.6 is 15.9 Å². The topological polar surface area (TPSA) is 98.0 Å². The van der Waals surface area contributed by atoms with Crippen LogP contribution in [-0.2, 0) is 16.1 Å². The first-order valence-corrected chi connectivity index (χ1v) is 27.2. The Hall–Kier alpha value is -8.40. The highest BCUT2D eigenvalue weighted by Crippen LogP contribution is 2.59. The van der Waals surface area contributed by atoms with Crippen molar-refractivity contribution in [1.29, 1.82) is 0 Å². The summed E-state index contributed by atoms with van der Waals surface area (Å²) in [7, 11) is 2.05. The zero-order chi connectivity index (χ0) is 53.3. The maximum absolute atomic E-state index is 14.6. The summed E-state index contributed by atoms with van der Waals surface area (Å²) in [5.41, 5.74) is 27.0. The number of benzene rings is 5. The van der Waals surface area contributed by atoms with Gasteiger partial charge in [0.2, 0.25) is 0 Å². The van der Waals surface area contributed by atoms with Crippen molar-refractivity contribution in [1.82, 2.24) is 24.8 Å². The van der Waals surface area contributed by atoms with E-state index in [4.69, 9.17) is 9.97 Å². The fraction of sp³-hybridized carbons (Fsp3) is 0.176. The second-order valence-electron chi connectivity index (χ2n) is 22.1. The van der Waals surface area contributed by atoms with Gasteiger partial charge in [0.1, 0.15) is 0 Å². The van der Waals surface area contributed by atoms with Crippen molar-refractivity contribution in [3.63, 3.8) is 0 Å². The van der Waals surface area contributed by atoms with Crippen molar-refractivity contribution in [2.24, 2.45) is 5.41 Å². The summed E-state index contributed by atoms with van der Waals surface area (Å²) in [6.07, 6.45) is 10.5. The number of rotatable bonds is 6. The summed E-state index contributed by atoms with van der Waals surface area (Å²) in [6, 6.07) is 42.7. The molecule has 8 aromatic rings. The van der Waals surface area contributed by atoms with E-state index < -0.39 is 5.41 Å². The van der Waals surface area contributed by atoms with Crippen LogP contribution in [0, 0.1) is 47.0 Å². The lowest BCUT2D eigenvalue weighted by Gasteiger charge is -2.37. The van der Waals surface area contributed by atoms with E-state index in [9.17, 15) is 9.59 Å². The van der Waals surface area contributed by atoms with Crippen LogP contribution in [0.3, 0.4) is 0 Å². The van der Waals surface area contributed by atoms with E-state index >= 15 is 0 Å². The van der Waals surface area contributed by atoms with Gasteiger partial charge in [-0.3, -0.25) is 14.5 Å². The lowest BCUT2D eigenvalue weighted by molar-refractivity contribution is -0.138. The molecule has 0 fully saturated rings. The minimum absolute atomic E-state index is 0.0343. The molecule has 77 heavy (non-hydrogen) atoms. The second kappa shape index (κ2) is 17.9. The number of hydrogen-bond donors (Lipinski definition) is 2. The fourth-order valence-corrected chi connectivity index (χ4v) is 13.6. The number of carbonyl (C=O) groups excluding carboxylic acids is 2. The molecule has 0 radical (unpaired) electrons. The van der Waals surface area contributed by atoms with E-state index in [2.05, 4.69) is 221 Å². The summed E-state index contributed by atoms with van der Waals surface area (Å²) in [5.74, 6) is -0.508. The minimum Gasteiger partial charge on any atom is -0.354 e. The average Bonchev–Trinajstić information content (AvgIpc) is 4.43. The normalized spacial score (nSPS) is 16.1. The number of carbonyl (C=O) groups is 2. The molecule has 2 N–H and O–H groups in total. The van der Waals surface area contributed by atoms with Crippen LogP contribution in [-0.4, -0.2) is 43.7 Å². The summed E-state index contributed by atoms with van der Waals surface area (Å²) >= 11 is 3.68. The zero-order valence-electron chi connectivity index (χ0n) is 44.7. The number of aromatic nitrogens is 4. The van der Waals surface area contributed by atoms with Gasteiger partial charge in [0.05, 0.1) is 34.9 Å². The number of aryl methyl sites for hydroxylation is 6. The number of hydrogen-bond acceptors (Lipinski definition) is 5. The second-order valence-corrected chi connectivity index (χ2v) is 23.0. The van der Waals surface area contributed by atoms with Crippen molar-refractivity contribution >= 4 is 79.8 Å². The van der Waals surface area contributed by atoms with E-state index in [1.807, 2.05) is 24.3 Å². The molecule has 378 valence electrons. The molecule has 5 aromatic carbocycles. The van der Waals surface area contributed by atoms with Crippen molar-refractivity contribution in [3.05, 3.63) is 216 Å². The van der Waals surface area contributed by atoms with Gasteiger partial charge >= 0.3 is 0 Å². The lowest BCUT2D eigenvalue weighted by Crippen LogP contribution is -2.35. The Morgan fingerprint density at radius 1 is 0.545 bits per heavy atom. The molecule has 1 atom stereocenters. The Labute approximate surface area is 457 Å². The number of H-pyrrole nitrogens is 2. The number of para-hydroxylation sites is 1. The van der Waals surface area contributed by atoms with Crippen molar-refractivity contribution < 1.29 is 9.59 Å². The Kier molecular flexibility index (Phi) is 11.2. The van der Waals surface area contributed by atoms with Gasteiger partial charge in [-0.25, -0.2) is 9.97 Å². The molecule has 0 saturated heterocycles. The summed E-state index contributed by atoms with van der Waals surface area (Å²) in [4.78, 5) is 51.6. The monoisotopic (exact) mass is 1070 g/mol. The van der Waals surface area contributed by atoms with Crippen LogP contribution in [0.15, 0.2) is 149 Å². The van der Waals surface area contributed by atoms with Crippen LogP contribution in [0.2, 0.25) is 0 Å². The van der Waals surface area contributed by atoms with Gasteiger partial charge in [-0.05, 0) is 170 Å². The zero-order valence-corrected chi connectivity index (χ0v) is 46.3. The Morgan fingerprint density at radius 3 is 1.48 bits per heavy atom. The third-order valence-corrected chi connectivity index (χ3v) is 17.0. The van der Waals surface area contributed by atoms with E-state index in [1.54, 1.807) is 0 Å². The number of nitrogens with zero attached hydrogens (tertiary/aromatic N) is 4. The van der Waals surface area contributed by atoms with Gasteiger partial charge in [-0.1, -0.05) is 120 Å². The van der Waals surface area contributed by atoms with Crippen LogP contribution in [0.25, 0.3) is 90.9 Å². The molecule has 0 spiro atoms. The molecule has 1 unspecified atom stereocenters. The molecule has 4 aliphatic heterocycles. The van der Waals surface area contributed by atoms with Crippen molar-refractivity contribution in [2.45, 2.75) is 67.9 Å². The first-order valence-electron chi connectivity index (χ1n) is 26.4. The Morgan fingerprint density at radius 2 is 0.987 bits per heavy atom. The van der Waals surface area contributed by atoms with Crippen LogP contribution in [0.1, 0.15) is 87.0 Å². The Bertz CT molecular complexity index is 4140. The highest BCUT2D eigenvalue weighted by Gasteiger charge is 2.54. The largest absolute Gasteiger partial charge is 0.354 e. The molecule has 13 rings (SSSR count). The predicted molar refractivity (Wildman–Crippen MR) is 319 cm³/mol. The molecule has 3 aromatic heterocycles. The summed E-state index contributed by atoms with van der Waals surface area (Å²) in [5, 5.41) is 0. The predicted octanol–water partition coefficient (Wildman–Crippen LogP) is 16.3. The van der Waals surface area contributed by atoms with E-state index in [0.717, 1.165) is 133 Å². The number of allylic oxidation sites excluding steroid dienone is 1. The third-order valence-electron chi connectivity index (χ3n) is 16.5. The lowest BCUT2D eigenvalue weighted by atomic mass is 9.66. The standard InChI is InChI=1S/C68H57BrN6O2/c1-36-30-38(3)58(39(4)31-36)62-52-26-22-48(70-52)60(43-16-14-42(15-17-43)35-75-66(76)47-34-57-64(68(7,8)65(47)67(75)77)46-12-10-11-13-56(46)74(57)9)49-23-27-53(71-49)63(59-40(5)32-37(2)33-41(59)6)55-29-25-51(73-55)61(50-24-28-54(62)72-50)44-18-20-45(69)21-19-44/h10-34,64,70,73H,35H2,1-9H3. The van der Waals surface area contributed by atoms with Gasteiger partial charge in [0.25, 0.3) is 11.8 Å². The van der Waals surface area contributed by atoms with Crippen LogP contribution < -0.4 is 4.90 Å². The van der Waals surface area contributed by atoms with Crippen molar-refractivity contribution in [2.75, 3.05) is 11.9 Å². The van der Waals surface area contributed by atoms with Gasteiger partial charge in [-0.15, -0.1) is 0 Å². The maximum atomic E-state index is 14.6. The summed E-state index contributed by atoms with van der Waals surface area (Å²) < 4.78 is 1.00.